The SMILES string of the molecule is O=S(=O)(Cc1cccc(F)c1)NCCCN1CCN(c2ccc(F)cc2)CC1. The predicted molar refractivity (Wildman–Crippen MR) is 107 cm³/mol. The van der Waals surface area contributed by atoms with Gasteiger partial charge in [-0.05, 0) is 54.9 Å². The van der Waals surface area contributed by atoms with Crippen LogP contribution < -0.4 is 9.62 Å². The molecule has 1 saturated heterocycles. The number of anilines is 1. The summed E-state index contributed by atoms with van der Waals surface area (Å²) in [6.07, 6.45) is 0.707. The summed E-state index contributed by atoms with van der Waals surface area (Å²) in [6.45, 7) is 4.64. The van der Waals surface area contributed by atoms with Crippen LogP contribution in [-0.2, 0) is 15.8 Å². The number of hydrogen-bond acceptors (Lipinski definition) is 4. The first-order valence-electron chi connectivity index (χ1n) is 9.36. The Labute approximate surface area is 165 Å². The predicted octanol–water partition coefficient (Wildman–Crippen LogP) is 2.60. The summed E-state index contributed by atoms with van der Waals surface area (Å²) in [5, 5.41) is 0. The highest BCUT2D eigenvalue weighted by atomic mass is 32.2. The summed E-state index contributed by atoms with van der Waals surface area (Å²) in [5.41, 5.74) is 1.45. The molecular weight excluding hydrogens is 384 g/mol. The van der Waals surface area contributed by atoms with Gasteiger partial charge in [0.1, 0.15) is 11.6 Å². The maximum absolute atomic E-state index is 13.2. The van der Waals surface area contributed by atoms with E-state index in [1.165, 1.54) is 30.3 Å². The molecule has 0 radical (unpaired) electrons. The summed E-state index contributed by atoms with van der Waals surface area (Å²) < 4.78 is 53.0. The topological polar surface area (TPSA) is 52.7 Å². The fraction of sp³-hybridized carbons (Fsp3) is 0.400. The van der Waals surface area contributed by atoms with Crippen molar-refractivity contribution in [3.8, 4) is 0 Å². The molecule has 1 heterocycles. The number of halogens is 2. The fourth-order valence-corrected chi connectivity index (χ4v) is 4.48. The Bertz CT molecular complexity index is 867. The molecule has 3 rings (SSSR count). The minimum absolute atomic E-state index is 0.221. The summed E-state index contributed by atoms with van der Waals surface area (Å²) in [6, 6.07) is 12.2. The van der Waals surface area contributed by atoms with E-state index in [9.17, 15) is 17.2 Å². The van der Waals surface area contributed by atoms with Gasteiger partial charge in [-0.3, -0.25) is 4.90 Å². The molecule has 8 heteroatoms. The van der Waals surface area contributed by atoms with Crippen molar-refractivity contribution in [3.05, 3.63) is 65.7 Å². The Morgan fingerprint density at radius 2 is 1.64 bits per heavy atom. The van der Waals surface area contributed by atoms with E-state index in [2.05, 4.69) is 14.5 Å². The van der Waals surface area contributed by atoms with E-state index in [-0.39, 0.29) is 11.6 Å². The average Bonchev–Trinajstić information content (AvgIpc) is 2.66. The van der Waals surface area contributed by atoms with Crippen molar-refractivity contribution in [2.24, 2.45) is 0 Å². The molecule has 2 aromatic rings. The molecule has 1 aliphatic heterocycles. The molecule has 5 nitrogen and oxygen atoms in total. The van der Waals surface area contributed by atoms with Gasteiger partial charge in [0.25, 0.3) is 0 Å². The van der Waals surface area contributed by atoms with Crippen LogP contribution in [0.1, 0.15) is 12.0 Å². The molecule has 1 N–H and O–H groups in total. The average molecular weight is 410 g/mol. The maximum atomic E-state index is 13.2. The van der Waals surface area contributed by atoms with Gasteiger partial charge in [0.05, 0.1) is 5.75 Å². The standard InChI is InChI=1S/C20H25F2N3O2S/c21-18-5-7-20(8-6-18)25-13-11-24(12-14-25)10-2-9-23-28(26,27)16-17-3-1-4-19(22)15-17/h1,3-8,15,23H,2,9-14,16H2. The van der Waals surface area contributed by atoms with Crippen LogP contribution in [0.2, 0.25) is 0 Å². The van der Waals surface area contributed by atoms with E-state index < -0.39 is 15.8 Å². The molecule has 28 heavy (non-hydrogen) atoms. The lowest BCUT2D eigenvalue weighted by molar-refractivity contribution is 0.255. The molecule has 0 spiro atoms. The molecule has 0 amide bonds. The lowest BCUT2D eigenvalue weighted by Gasteiger charge is -2.36. The largest absolute Gasteiger partial charge is 0.369 e. The summed E-state index contributed by atoms with van der Waals surface area (Å²) >= 11 is 0. The van der Waals surface area contributed by atoms with Gasteiger partial charge in [0.15, 0.2) is 0 Å². The zero-order valence-corrected chi connectivity index (χ0v) is 16.5. The van der Waals surface area contributed by atoms with Crippen molar-refractivity contribution < 1.29 is 17.2 Å². The highest BCUT2D eigenvalue weighted by molar-refractivity contribution is 7.88. The number of benzene rings is 2. The lowest BCUT2D eigenvalue weighted by Crippen LogP contribution is -2.47. The number of sulfonamides is 1. The van der Waals surface area contributed by atoms with Crippen molar-refractivity contribution in [1.82, 2.24) is 9.62 Å². The maximum Gasteiger partial charge on any atom is 0.215 e. The quantitative estimate of drug-likeness (QED) is 0.681. The Kier molecular flexibility index (Phi) is 6.98. The molecule has 152 valence electrons. The van der Waals surface area contributed by atoms with Gasteiger partial charge in [0, 0.05) is 38.4 Å². The molecular formula is C20H25F2N3O2S. The molecule has 1 aliphatic rings. The molecule has 2 aromatic carbocycles. The molecule has 0 unspecified atom stereocenters. The number of rotatable bonds is 8. The van der Waals surface area contributed by atoms with Gasteiger partial charge in [-0.2, -0.15) is 0 Å². The third kappa shape index (κ3) is 6.25. The van der Waals surface area contributed by atoms with Gasteiger partial charge in [-0.15, -0.1) is 0 Å². The first kappa shape index (κ1) is 20.7. The zero-order valence-electron chi connectivity index (χ0n) is 15.7. The van der Waals surface area contributed by atoms with E-state index in [0.717, 1.165) is 38.4 Å². The monoisotopic (exact) mass is 409 g/mol. The molecule has 0 saturated carbocycles. The third-order valence-corrected chi connectivity index (χ3v) is 6.14. The molecule has 0 aromatic heterocycles. The fourth-order valence-electron chi connectivity index (χ4n) is 3.31. The second kappa shape index (κ2) is 9.45. The van der Waals surface area contributed by atoms with Gasteiger partial charge in [0.2, 0.25) is 10.0 Å². The van der Waals surface area contributed by atoms with Crippen LogP contribution in [0.25, 0.3) is 0 Å². The molecule has 0 bridgehead atoms. The highest BCUT2D eigenvalue weighted by Gasteiger charge is 2.17. The van der Waals surface area contributed by atoms with Crippen LogP contribution in [0.3, 0.4) is 0 Å². The second-order valence-electron chi connectivity index (χ2n) is 6.94. The highest BCUT2D eigenvalue weighted by Crippen LogP contribution is 2.17. The Hall–Kier alpha value is -2.03. The van der Waals surface area contributed by atoms with Crippen LogP contribution in [0, 0.1) is 11.6 Å². The minimum atomic E-state index is -3.48. The summed E-state index contributed by atoms with van der Waals surface area (Å²) in [7, 11) is -3.48. The molecule has 0 aliphatic carbocycles. The van der Waals surface area contributed by atoms with E-state index in [4.69, 9.17) is 0 Å². The Balaban J connectivity index is 1.36. The first-order valence-corrected chi connectivity index (χ1v) is 11.0. The second-order valence-corrected chi connectivity index (χ2v) is 8.75. The Morgan fingerprint density at radius 1 is 0.929 bits per heavy atom. The van der Waals surface area contributed by atoms with Gasteiger partial charge in [-0.25, -0.2) is 21.9 Å². The smallest absolute Gasteiger partial charge is 0.215 e. The number of nitrogens with zero attached hydrogens (tertiary/aromatic N) is 2. The normalized spacial score (nSPS) is 15.7. The summed E-state index contributed by atoms with van der Waals surface area (Å²) in [4.78, 5) is 4.51. The van der Waals surface area contributed by atoms with Crippen LogP contribution in [0.4, 0.5) is 14.5 Å². The number of nitrogens with one attached hydrogen (secondary N) is 1. The third-order valence-electron chi connectivity index (χ3n) is 4.78. The first-order chi connectivity index (χ1) is 13.4. The van der Waals surface area contributed by atoms with Crippen LogP contribution in [0.15, 0.2) is 48.5 Å². The lowest BCUT2D eigenvalue weighted by atomic mass is 10.2. The van der Waals surface area contributed by atoms with E-state index in [1.54, 1.807) is 18.2 Å². The number of piperazine rings is 1. The van der Waals surface area contributed by atoms with Crippen molar-refractivity contribution in [3.63, 3.8) is 0 Å². The van der Waals surface area contributed by atoms with Crippen molar-refractivity contribution in [2.75, 3.05) is 44.2 Å². The van der Waals surface area contributed by atoms with Crippen LogP contribution >= 0.6 is 0 Å². The van der Waals surface area contributed by atoms with Crippen LogP contribution in [0.5, 0.6) is 0 Å². The van der Waals surface area contributed by atoms with Crippen molar-refractivity contribution >= 4 is 15.7 Å². The van der Waals surface area contributed by atoms with E-state index >= 15 is 0 Å². The van der Waals surface area contributed by atoms with Crippen LogP contribution in [-0.4, -0.2) is 52.6 Å². The summed E-state index contributed by atoms with van der Waals surface area (Å²) in [5.74, 6) is -0.893. The van der Waals surface area contributed by atoms with E-state index in [0.29, 0.717) is 18.5 Å². The minimum Gasteiger partial charge on any atom is -0.369 e. The van der Waals surface area contributed by atoms with Crippen molar-refractivity contribution in [1.29, 1.82) is 0 Å². The van der Waals surface area contributed by atoms with Gasteiger partial charge >= 0.3 is 0 Å². The number of hydrogen-bond donors (Lipinski definition) is 1. The van der Waals surface area contributed by atoms with Gasteiger partial charge in [-0.1, -0.05) is 12.1 Å². The molecule has 1 fully saturated rings. The zero-order chi connectivity index (χ0) is 20.0. The van der Waals surface area contributed by atoms with Crippen molar-refractivity contribution in [2.45, 2.75) is 12.2 Å². The van der Waals surface area contributed by atoms with E-state index in [1.807, 2.05) is 0 Å². The van der Waals surface area contributed by atoms with Gasteiger partial charge < -0.3 is 4.90 Å². The molecule has 0 atom stereocenters. The Morgan fingerprint density at radius 3 is 2.32 bits per heavy atom.